The summed E-state index contributed by atoms with van der Waals surface area (Å²) in [5.41, 5.74) is 2.68. The Morgan fingerprint density at radius 3 is 2.75 bits per heavy atom. The molecule has 1 aromatic carbocycles. The van der Waals surface area contributed by atoms with E-state index in [1.807, 2.05) is 24.4 Å². The number of ether oxygens (including phenoxy) is 2. The maximum atomic E-state index is 12.6. The summed E-state index contributed by atoms with van der Waals surface area (Å²) in [7, 11) is 0. The third kappa shape index (κ3) is 2.87. The summed E-state index contributed by atoms with van der Waals surface area (Å²) in [5.74, 6) is 1.40. The minimum atomic E-state index is -0.451. The highest BCUT2D eigenvalue weighted by molar-refractivity contribution is 5.79. The number of fused-ring (bicyclic) bond motifs is 4. The lowest BCUT2D eigenvalue weighted by Crippen LogP contribution is -2.32. The van der Waals surface area contributed by atoms with Crippen LogP contribution in [0.25, 0.3) is 11.0 Å². The molecule has 144 valence electrons. The minimum Gasteiger partial charge on any atom is -0.490 e. The van der Waals surface area contributed by atoms with Gasteiger partial charge in [0.05, 0.1) is 25.1 Å². The summed E-state index contributed by atoms with van der Waals surface area (Å²) in [6.45, 7) is 1.53. The van der Waals surface area contributed by atoms with Crippen molar-refractivity contribution in [1.29, 1.82) is 0 Å². The number of nitrogens with zero attached hydrogens (tertiary/aromatic N) is 2. The Morgan fingerprint density at radius 1 is 1.04 bits per heavy atom. The summed E-state index contributed by atoms with van der Waals surface area (Å²) in [6, 6.07) is 5.67. The Balaban J connectivity index is 1.62. The molecule has 5 rings (SSSR count). The quantitative estimate of drug-likeness (QED) is 0.738. The van der Waals surface area contributed by atoms with E-state index in [2.05, 4.69) is 9.97 Å². The van der Waals surface area contributed by atoms with Crippen molar-refractivity contribution in [3.8, 4) is 11.5 Å². The van der Waals surface area contributed by atoms with Gasteiger partial charge in [-0.3, -0.25) is 14.3 Å². The Hall–Kier alpha value is -3.09. The van der Waals surface area contributed by atoms with Gasteiger partial charge in [0, 0.05) is 12.6 Å². The zero-order chi connectivity index (χ0) is 19.1. The van der Waals surface area contributed by atoms with Gasteiger partial charge < -0.3 is 9.47 Å². The Labute approximate surface area is 160 Å². The molecule has 7 heteroatoms. The topological polar surface area (TPSA) is 86.2 Å². The second kappa shape index (κ2) is 6.82. The standard InChI is InChI=1S/C21H21N3O4/c25-20-18-15-5-2-1-4-14(15)11-22-19(18)24(21(26)23-20)12-13-6-7-16-17(10-13)28-9-3-8-27-16/h6-7,10-11H,1-5,8-9,12H2,(H,23,25,26). The van der Waals surface area contributed by atoms with E-state index in [9.17, 15) is 9.59 Å². The number of hydrogen-bond donors (Lipinski definition) is 1. The van der Waals surface area contributed by atoms with Crippen molar-refractivity contribution in [3.63, 3.8) is 0 Å². The molecular weight excluding hydrogens is 358 g/mol. The molecule has 0 fully saturated rings. The molecule has 0 atom stereocenters. The van der Waals surface area contributed by atoms with E-state index in [1.54, 1.807) is 0 Å². The van der Waals surface area contributed by atoms with Gasteiger partial charge >= 0.3 is 5.69 Å². The number of aryl methyl sites for hydroxylation is 2. The average molecular weight is 379 g/mol. The second-order valence-corrected chi connectivity index (χ2v) is 7.34. The average Bonchev–Trinajstić information content (AvgIpc) is 2.95. The molecule has 0 unspecified atom stereocenters. The first kappa shape index (κ1) is 17.0. The van der Waals surface area contributed by atoms with Gasteiger partial charge in [-0.2, -0.15) is 0 Å². The van der Waals surface area contributed by atoms with Gasteiger partial charge in [-0.05, 0) is 54.5 Å². The van der Waals surface area contributed by atoms with Crippen LogP contribution in [0.15, 0.2) is 34.0 Å². The van der Waals surface area contributed by atoms with E-state index in [4.69, 9.17) is 9.47 Å². The first-order chi connectivity index (χ1) is 13.7. The van der Waals surface area contributed by atoms with Gasteiger partial charge in [-0.15, -0.1) is 0 Å². The molecule has 1 aliphatic heterocycles. The highest BCUT2D eigenvalue weighted by Crippen LogP contribution is 2.31. The lowest BCUT2D eigenvalue weighted by molar-refractivity contribution is 0.297. The monoisotopic (exact) mass is 379 g/mol. The molecule has 1 aliphatic carbocycles. The van der Waals surface area contributed by atoms with Crippen LogP contribution < -0.4 is 20.7 Å². The second-order valence-electron chi connectivity index (χ2n) is 7.34. The van der Waals surface area contributed by atoms with Crippen LogP contribution in [-0.2, 0) is 19.4 Å². The highest BCUT2D eigenvalue weighted by atomic mass is 16.5. The fourth-order valence-corrected chi connectivity index (χ4v) is 4.10. The van der Waals surface area contributed by atoms with Crippen molar-refractivity contribution >= 4 is 11.0 Å². The molecule has 0 radical (unpaired) electrons. The van der Waals surface area contributed by atoms with Crippen molar-refractivity contribution in [2.75, 3.05) is 13.2 Å². The number of hydrogen-bond acceptors (Lipinski definition) is 5. The summed E-state index contributed by atoms with van der Waals surface area (Å²) in [5, 5.41) is 0.547. The minimum absolute atomic E-state index is 0.300. The summed E-state index contributed by atoms with van der Waals surface area (Å²) in [4.78, 5) is 32.1. The molecule has 0 saturated heterocycles. The molecule has 2 aliphatic rings. The zero-order valence-electron chi connectivity index (χ0n) is 15.5. The third-order valence-corrected chi connectivity index (χ3v) is 5.48. The van der Waals surface area contributed by atoms with Crippen molar-refractivity contribution in [3.05, 3.63) is 61.9 Å². The maximum absolute atomic E-state index is 12.6. The number of rotatable bonds is 2. The SMILES string of the molecule is O=c1[nH]c(=O)n(Cc2ccc3c(c2)OCCCO3)c2ncc3c(c12)CCCC3. The van der Waals surface area contributed by atoms with E-state index in [0.717, 1.165) is 48.8 Å². The zero-order valence-corrected chi connectivity index (χ0v) is 15.5. The van der Waals surface area contributed by atoms with Crippen molar-refractivity contribution < 1.29 is 9.47 Å². The van der Waals surface area contributed by atoms with Gasteiger partial charge in [-0.25, -0.2) is 9.78 Å². The van der Waals surface area contributed by atoms with Gasteiger partial charge in [0.15, 0.2) is 11.5 Å². The molecule has 7 nitrogen and oxygen atoms in total. The van der Waals surface area contributed by atoms with Crippen molar-refractivity contribution in [2.24, 2.45) is 0 Å². The van der Waals surface area contributed by atoms with Crippen LogP contribution in [0.3, 0.4) is 0 Å². The third-order valence-electron chi connectivity index (χ3n) is 5.48. The molecule has 3 heterocycles. The molecule has 0 saturated carbocycles. The normalized spacial score (nSPS) is 15.9. The van der Waals surface area contributed by atoms with E-state index < -0.39 is 5.69 Å². The first-order valence-corrected chi connectivity index (χ1v) is 9.73. The molecular formula is C21H21N3O4. The fourth-order valence-electron chi connectivity index (χ4n) is 4.10. The summed E-state index contributed by atoms with van der Waals surface area (Å²) >= 11 is 0. The predicted octanol–water partition coefficient (Wildman–Crippen LogP) is 2.17. The van der Waals surface area contributed by atoms with Gasteiger partial charge in [0.2, 0.25) is 0 Å². The Kier molecular flexibility index (Phi) is 4.15. The highest BCUT2D eigenvalue weighted by Gasteiger charge is 2.19. The van der Waals surface area contributed by atoms with E-state index in [0.29, 0.717) is 42.3 Å². The predicted molar refractivity (Wildman–Crippen MR) is 104 cm³/mol. The van der Waals surface area contributed by atoms with Crippen LogP contribution in [-0.4, -0.2) is 27.7 Å². The molecule has 1 N–H and O–H groups in total. The van der Waals surface area contributed by atoms with Gasteiger partial charge in [0.25, 0.3) is 5.56 Å². The first-order valence-electron chi connectivity index (χ1n) is 9.73. The Morgan fingerprint density at radius 2 is 1.86 bits per heavy atom. The van der Waals surface area contributed by atoms with Crippen LogP contribution in [0.1, 0.15) is 36.0 Å². The summed E-state index contributed by atoms with van der Waals surface area (Å²) in [6.07, 6.45) is 6.59. The summed E-state index contributed by atoms with van der Waals surface area (Å²) < 4.78 is 13.0. The molecule has 28 heavy (non-hydrogen) atoms. The van der Waals surface area contributed by atoms with Crippen molar-refractivity contribution in [1.82, 2.24) is 14.5 Å². The molecule has 0 spiro atoms. The molecule has 0 bridgehead atoms. The largest absolute Gasteiger partial charge is 0.490 e. The number of benzene rings is 1. The number of pyridine rings is 1. The Bertz CT molecular complexity index is 1180. The van der Waals surface area contributed by atoms with Crippen LogP contribution in [0.2, 0.25) is 0 Å². The van der Waals surface area contributed by atoms with Gasteiger partial charge in [0.1, 0.15) is 5.65 Å². The lowest BCUT2D eigenvalue weighted by Gasteiger charge is -2.18. The smallest absolute Gasteiger partial charge is 0.330 e. The van der Waals surface area contributed by atoms with Crippen molar-refractivity contribution in [2.45, 2.75) is 38.6 Å². The van der Waals surface area contributed by atoms with E-state index in [1.165, 1.54) is 4.57 Å². The van der Waals surface area contributed by atoms with Gasteiger partial charge in [-0.1, -0.05) is 6.07 Å². The van der Waals surface area contributed by atoms with E-state index in [-0.39, 0.29) is 5.56 Å². The molecule has 3 aromatic rings. The number of nitrogens with one attached hydrogen (secondary N) is 1. The maximum Gasteiger partial charge on any atom is 0.330 e. The van der Waals surface area contributed by atoms with E-state index >= 15 is 0 Å². The number of aromatic amines is 1. The lowest BCUT2D eigenvalue weighted by atomic mass is 9.91. The van der Waals surface area contributed by atoms with Crippen LogP contribution in [0.5, 0.6) is 11.5 Å². The fraction of sp³-hybridized carbons (Fsp3) is 0.381. The molecule has 2 aromatic heterocycles. The molecule has 0 amide bonds. The van der Waals surface area contributed by atoms with Crippen LogP contribution >= 0.6 is 0 Å². The number of H-pyrrole nitrogens is 1. The number of aromatic nitrogens is 3. The van der Waals surface area contributed by atoms with Crippen LogP contribution in [0.4, 0.5) is 0 Å². The van der Waals surface area contributed by atoms with Crippen LogP contribution in [0, 0.1) is 0 Å².